The van der Waals surface area contributed by atoms with Crippen molar-refractivity contribution in [1.29, 1.82) is 0 Å². The van der Waals surface area contributed by atoms with E-state index in [1.54, 1.807) is 11.3 Å². The van der Waals surface area contributed by atoms with E-state index in [1.807, 2.05) is 33.8 Å². The van der Waals surface area contributed by atoms with E-state index in [1.165, 1.54) is 4.88 Å². The summed E-state index contributed by atoms with van der Waals surface area (Å²) in [6.07, 6.45) is -0.0305. The molecule has 0 saturated carbocycles. The molecule has 1 rings (SSSR count). The van der Waals surface area contributed by atoms with Gasteiger partial charge in [0, 0.05) is 9.75 Å². The minimum absolute atomic E-state index is 0.0756. The van der Waals surface area contributed by atoms with Crippen molar-refractivity contribution in [3.63, 3.8) is 0 Å². The van der Waals surface area contributed by atoms with Crippen LogP contribution >= 0.6 is 11.3 Å². The SMILES string of the molecule is Cc1cc(C(O)CC(C)(C)CC(=O)O)c(C)s1. The molecule has 1 aromatic heterocycles. The number of rotatable bonds is 5. The third kappa shape index (κ3) is 4.13. The molecule has 0 aliphatic carbocycles. The molecule has 0 saturated heterocycles. The van der Waals surface area contributed by atoms with Gasteiger partial charge in [-0.3, -0.25) is 4.79 Å². The maximum Gasteiger partial charge on any atom is 0.303 e. The van der Waals surface area contributed by atoms with Gasteiger partial charge < -0.3 is 10.2 Å². The lowest BCUT2D eigenvalue weighted by Crippen LogP contribution is -2.20. The van der Waals surface area contributed by atoms with Gasteiger partial charge in [0.05, 0.1) is 12.5 Å². The lowest BCUT2D eigenvalue weighted by molar-refractivity contribution is -0.139. The summed E-state index contributed by atoms with van der Waals surface area (Å²) < 4.78 is 0. The molecule has 0 aliphatic rings. The standard InChI is InChI=1S/C13H20O3S/c1-8-5-10(9(2)17-8)11(14)6-13(3,4)7-12(15)16/h5,11,14H,6-7H2,1-4H3,(H,15,16). The van der Waals surface area contributed by atoms with Crippen LogP contribution in [-0.4, -0.2) is 16.2 Å². The number of thiophene rings is 1. The topological polar surface area (TPSA) is 57.5 Å². The molecule has 1 aromatic rings. The third-order valence-electron chi connectivity index (χ3n) is 2.81. The van der Waals surface area contributed by atoms with E-state index in [9.17, 15) is 9.90 Å². The fraction of sp³-hybridized carbons (Fsp3) is 0.615. The van der Waals surface area contributed by atoms with E-state index < -0.39 is 17.5 Å². The van der Waals surface area contributed by atoms with Gasteiger partial charge in [-0.05, 0) is 37.3 Å². The van der Waals surface area contributed by atoms with Crippen molar-refractivity contribution in [1.82, 2.24) is 0 Å². The van der Waals surface area contributed by atoms with Crippen LogP contribution in [0.25, 0.3) is 0 Å². The maximum atomic E-state index is 10.7. The van der Waals surface area contributed by atoms with E-state index in [0.717, 1.165) is 10.4 Å². The molecule has 0 amide bonds. The second-order valence-electron chi connectivity index (χ2n) is 5.32. The lowest BCUT2D eigenvalue weighted by atomic mass is 9.82. The average molecular weight is 256 g/mol. The van der Waals surface area contributed by atoms with Gasteiger partial charge in [-0.25, -0.2) is 0 Å². The third-order valence-corrected chi connectivity index (χ3v) is 3.80. The van der Waals surface area contributed by atoms with Crippen LogP contribution in [0, 0.1) is 19.3 Å². The largest absolute Gasteiger partial charge is 0.481 e. The molecule has 1 atom stereocenters. The quantitative estimate of drug-likeness (QED) is 0.850. The molecule has 0 radical (unpaired) electrons. The zero-order valence-electron chi connectivity index (χ0n) is 10.8. The minimum Gasteiger partial charge on any atom is -0.481 e. The summed E-state index contributed by atoms with van der Waals surface area (Å²) in [5.41, 5.74) is 0.541. The highest BCUT2D eigenvalue weighted by atomic mass is 32.1. The number of aliphatic hydroxyl groups is 1. The maximum absolute atomic E-state index is 10.7. The fourth-order valence-corrected chi connectivity index (χ4v) is 3.08. The van der Waals surface area contributed by atoms with Crippen molar-refractivity contribution in [2.24, 2.45) is 5.41 Å². The molecule has 3 nitrogen and oxygen atoms in total. The highest BCUT2D eigenvalue weighted by Gasteiger charge is 2.27. The summed E-state index contributed by atoms with van der Waals surface area (Å²) in [6.45, 7) is 7.74. The Bertz CT molecular complexity index is 407. The van der Waals surface area contributed by atoms with Crippen molar-refractivity contribution in [3.05, 3.63) is 21.4 Å². The van der Waals surface area contributed by atoms with Gasteiger partial charge in [0.25, 0.3) is 0 Å². The van der Waals surface area contributed by atoms with Crippen LogP contribution < -0.4 is 0 Å². The predicted octanol–water partition coefficient (Wildman–Crippen LogP) is 3.29. The molecule has 1 unspecified atom stereocenters. The molecule has 0 aliphatic heterocycles. The van der Waals surface area contributed by atoms with Crippen molar-refractivity contribution in [2.45, 2.75) is 46.6 Å². The highest BCUT2D eigenvalue weighted by molar-refractivity contribution is 7.12. The molecule has 0 bridgehead atoms. The van der Waals surface area contributed by atoms with E-state index in [2.05, 4.69) is 0 Å². The van der Waals surface area contributed by atoms with Crippen LogP contribution in [0.2, 0.25) is 0 Å². The zero-order chi connectivity index (χ0) is 13.2. The van der Waals surface area contributed by atoms with E-state index in [4.69, 9.17) is 5.11 Å². The molecular formula is C13H20O3S. The Morgan fingerprint density at radius 1 is 1.47 bits per heavy atom. The molecule has 1 heterocycles. The first-order valence-electron chi connectivity index (χ1n) is 5.68. The summed E-state index contributed by atoms with van der Waals surface area (Å²) in [7, 11) is 0. The number of aryl methyl sites for hydroxylation is 2. The minimum atomic E-state index is -0.819. The van der Waals surface area contributed by atoms with Crippen LogP contribution in [0.5, 0.6) is 0 Å². The van der Waals surface area contributed by atoms with Crippen LogP contribution in [0.4, 0.5) is 0 Å². The summed E-state index contributed by atoms with van der Waals surface area (Å²) in [6, 6.07) is 1.99. The first-order chi connectivity index (χ1) is 7.71. The van der Waals surface area contributed by atoms with Crippen molar-refractivity contribution in [2.75, 3.05) is 0 Å². The lowest BCUT2D eigenvalue weighted by Gasteiger charge is -2.25. The molecule has 96 valence electrons. The molecule has 0 spiro atoms. The van der Waals surface area contributed by atoms with Gasteiger partial charge in [-0.1, -0.05) is 13.8 Å². The summed E-state index contributed by atoms with van der Waals surface area (Å²) in [4.78, 5) is 13.0. The van der Waals surface area contributed by atoms with Crippen molar-refractivity contribution < 1.29 is 15.0 Å². The van der Waals surface area contributed by atoms with Gasteiger partial charge in [-0.15, -0.1) is 11.3 Å². The molecular weight excluding hydrogens is 236 g/mol. The van der Waals surface area contributed by atoms with Crippen LogP contribution in [0.1, 0.15) is 48.1 Å². The van der Waals surface area contributed by atoms with Gasteiger partial charge in [0.1, 0.15) is 0 Å². The zero-order valence-corrected chi connectivity index (χ0v) is 11.6. The first-order valence-corrected chi connectivity index (χ1v) is 6.50. The number of hydrogen-bond acceptors (Lipinski definition) is 3. The van der Waals surface area contributed by atoms with Gasteiger partial charge >= 0.3 is 5.97 Å². The average Bonchev–Trinajstić information content (AvgIpc) is 2.41. The second-order valence-corrected chi connectivity index (χ2v) is 6.78. The Kier molecular flexibility index (Phi) is 4.33. The van der Waals surface area contributed by atoms with Crippen molar-refractivity contribution >= 4 is 17.3 Å². The Morgan fingerprint density at radius 3 is 2.47 bits per heavy atom. The second kappa shape index (κ2) is 5.19. The number of aliphatic hydroxyl groups excluding tert-OH is 1. The Balaban J connectivity index is 2.75. The highest BCUT2D eigenvalue weighted by Crippen LogP contribution is 2.36. The molecule has 0 fully saturated rings. The van der Waals surface area contributed by atoms with E-state index in [0.29, 0.717) is 6.42 Å². The fourth-order valence-electron chi connectivity index (χ4n) is 2.10. The van der Waals surface area contributed by atoms with Crippen molar-refractivity contribution in [3.8, 4) is 0 Å². The predicted molar refractivity (Wildman–Crippen MR) is 69.4 cm³/mol. The Hall–Kier alpha value is -0.870. The molecule has 17 heavy (non-hydrogen) atoms. The summed E-state index contributed by atoms with van der Waals surface area (Å²) in [5.74, 6) is -0.819. The normalized spacial score (nSPS) is 13.7. The molecule has 4 heteroatoms. The Labute approximate surface area is 106 Å². The smallest absolute Gasteiger partial charge is 0.303 e. The molecule has 2 N–H and O–H groups in total. The summed E-state index contributed by atoms with van der Waals surface area (Å²) >= 11 is 1.66. The first kappa shape index (κ1) is 14.2. The van der Waals surface area contributed by atoms with Crippen LogP contribution in [0.3, 0.4) is 0 Å². The van der Waals surface area contributed by atoms with Gasteiger partial charge in [0.15, 0.2) is 0 Å². The number of carboxylic acids is 1. The number of aliphatic carboxylic acids is 1. The monoisotopic (exact) mass is 256 g/mol. The number of hydrogen-bond donors (Lipinski definition) is 2. The summed E-state index contributed by atoms with van der Waals surface area (Å²) in [5, 5.41) is 19.0. The molecule has 0 aromatic carbocycles. The number of carboxylic acid groups (broad SMARTS) is 1. The van der Waals surface area contributed by atoms with Crippen LogP contribution in [0.15, 0.2) is 6.07 Å². The van der Waals surface area contributed by atoms with E-state index in [-0.39, 0.29) is 6.42 Å². The van der Waals surface area contributed by atoms with Crippen LogP contribution in [-0.2, 0) is 4.79 Å². The number of carbonyl (C=O) groups is 1. The van der Waals surface area contributed by atoms with E-state index >= 15 is 0 Å². The van der Waals surface area contributed by atoms with Gasteiger partial charge in [-0.2, -0.15) is 0 Å². The Morgan fingerprint density at radius 2 is 2.06 bits per heavy atom. The van der Waals surface area contributed by atoms with Gasteiger partial charge in [0.2, 0.25) is 0 Å².